The lowest BCUT2D eigenvalue weighted by molar-refractivity contribution is 0.107. The molecule has 0 bridgehead atoms. The first kappa shape index (κ1) is 9.74. The summed E-state index contributed by atoms with van der Waals surface area (Å²) in [5.74, 6) is 0. The minimum atomic E-state index is 0.356. The molecule has 1 heterocycles. The van der Waals surface area contributed by atoms with E-state index in [1.807, 2.05) is 0 Å². The summed E-state index contributed by atoms with van der Waals surface area (Å²) in [7, 11) is 0. The van der Waals surface area contributed by atoms with E-state index in [1.165, 1.54) is 26.2 Å². The van der Waals surface area contributed by atoms with Crippen molar-refractivity contribution in [2.24, 2.45) is 0 Å². The highest BCUT2D eigenvalue weighted by Gasteiger charge is 2.31. The first-order valence-corrected chi connectivity index (χ1v) is 5.18. The van der Waals surface area contributed by atoms with Crippen molar-refractivity contribution in [2.75, 3.05) is 26.2 Å². The van der Waals surface area contributed by atoms with E-state index in [9.17, 15) is 0 Å². The summed E-state index contributed by atoms with van der Waals surface area (Å²) in [6.07, 6.45) is 0. The fourth-order valence-electron chi connectivity index (χ4n) is 1.50. The molecule has 2 nitrogen and oxygen atoms in total. The third-order valence-electron chi connectivity index (χ3n) is 2.33. The Labute approximate surface area is 83.4 Å². The molecule has 0 amide bonds. The van der Waals surface area contributed by atoms with Crippen LogP contribution in [-0.4, -0.2) is 39.7 Å². The van der Waals surface area contributed by atoms with Crippen molar-refractivity contribution in [3.63, 3.8) is 0 Å². The topological polar surface area (TPSA) is 6.48 Å². The molecule has 0 aliphatic carbocycles. The standard InChI is InChI=1S/C8H17IN2/c1-4-10-5-6-11(9)8(2,3)7-10/h4-7H2,1-3H3. The second-order valence-corrected chi connectivity index (χ2v) is 4.93. The zero-order valence-corrected chi connectivity index (χ0v) is 9.76. The Morgan fingerprint density at radius 2 is 2.00 bits per heavy atom. The van der Waals surface area contributed by atoms with Crippen LogP contribution in [0.3, 0.4) is 0 Å². The monoisotopic (exact) mass is 268 g/mol. The van der Waals surface area contributed by atoms with Gasteiger partial charge in [-0.15, -0.1) is 0 Å². The van der Waals surface area contributed by atoms with Crippen LogP contribution in [0.25, 0.3) is 0 Å². The van der Waals surface area contributed by atoms with Crippen LogP contribution in [0.2, 0.25) is 0 Å². The molecule has 0 spiro atoms. The maximum atomic E-state index is 2.51. The van der Waals surface area contributed by atoms with E-state index in [-0.39, 0.29) is 0 Å². The molecular weight excluding hydrogens is 251 g/mol. The van der Waals surface area contributed by atoms with E-state index in [0.29, 0.717) is 5.54 Å². The van der Waals surface area contributed by atoms with Crippen molar-refractivity contribution in [1.29, 1.82) is 0 Å². The average Bonchev–Trinajstić information content (AvgIpc) is 1.95. The Morgan fingerprint density at radius 3 is 2.45 bits per heavy atom. The second kappa shape index (κ2) is 3.58. The van der Waals surface area contributed by atoms with Crippen LogP contribution >= 0.6 is 22.9 Å². The van der Waals surface area contributed by atoms with Gasteiger partial charge in [-0.3, -0.25) is 0 Å². The summed E-state index contributed by atoms with van der Waals surface area (Å²) in [6, 6.07) is 0. The van der Waals surface area contributed by atoms with Crippen molar-refractivity contribution >= 4 is 22.9 Å². The summed E-state index contributed by atoms with van der Waals surface area (Å²) in [5.41, 5.74) is 0.356. The van der Waals surface area contributed by atoms with E-state index < -0.39 is 0 Å². The molecule has 0 unspecified atom stereocenters. The molecule has 1 fully saturated rings. The predicted molar refractivity (Wildman–Crippen MR) is 56.9 cm³/mol. The summed E-state index contributed by atoms with van der Waals surface area (Å²) in [5, 5.41) is 0. The smallest absolute Gasteiger partial charge is 0.0376 e. The Kier molecular flexibility index (Phi) is 3.17. The fourth-order valence-corrected chi connectivity index (χ4v) is 1.87. The molecule has 1 rings (SSSR count). The number of nitrogens with zero attached hydrogens (tertiary/aromatic N) is 2. The third kappa shape index (κ3) is 2.29. The zero-order valence-electron chi connectivity index (χ0n) is 7.60. The molecule has 0 atom stereocenters. The highest BCUT2D eigenvalue weighted by Crippen LogP contribution is 2.23. The minimum absolute atomic E-state index is 0.356. The van der Waals surface area contributed by atoms with Crippen LogP contribution in [0.1, 0.15) is 20.8 Å². The van der Waals surface area contributed by atoms with Gasteiger partial charge in [0.1, 0.15) is 0 Å². The Balaban J connectivity index is 2.52. The van der Waals surface area contributed by atoms with Crippen molar-refractivity contribution in [3.05, 3.63) is 0 Å². The molecule has 0 radical (unpaired) electrons. The number of hydrogen-bond acceptors (Lipinski definition) is 2. The highest BCUT2D eigenvalue weighted by molar-refractivity contribution is 14.1. The van der Waals surface area contributed by atoms with Gasteiger partial charge in [0.25, 0.3) is 0 Å². The molecule has 0 aromatic rings. The lowest BCUT2D eigenvalue weighted by Gasteiger charge is -2.43. The molecule has 1 aliphatic rings. The third-order valence-corrected chi connectivity index (χ3v) is 4.12. The summed E-state index contributed by atoms with van der Waals surface area (Å²) in [6.45, 7) is 11.7. The molecule has 11 heavy (non-hydrogen) atoms. The second-order valence-electron chi connectivity index (χ2n) is 3.77. The largest absolute Gasteiger partial charge is 0.300 e. The SMILES string of the molecule is CCN1CCN(I)C(C)(C)C1. The van der Waals surface area contributed by atoms with Crippen LogP contribution in [0, 0.1) is 0 Å². The van der Waals surface area contributed by atoms with Crippen LogP contribution in [0.4, 0.5) is 0 Å². The zero-order chi connectivity index (χ0) is 8.48. The van der Waals surface area contributed by atoms with Gasteiger partial charge < -0.3 is 4.90 Å². The lowest BCUT2D eigenvalue weighted by atomic mass is 10.0. The number of hydrogen-bond donors (Lipinski definition) is 0. The summed E-state index contributed by atoms with van der Waals surface area (Å²) >= 11 is 2.43. The predicted octanol–water partition coefficient (Wildman–Crippen LogP) is 1.75. The van der Waals surface area contributed by atoms with Crippen LogP contribution in [-0.2, 0) is 0 Å². The molecule has 0 aromatic heterocycles. The van der Waals surface area contributed by atoms with Gasteiger partial charge in [-0.05, 0) is 20.4 Å². The van der Waals surface area contributed by atoms with Gasteiger partial charge in [-0.1, -0.05) is 6.92 Å². The van der Waals surface area contributed by atoms with E-state index in [0.717, 1.165) is 0 Å². The Morgan fingerprint density at radius 1 is 1.36 bits per heavy atom. The van der Waals surface area contributed by atoms with E-state index in [1.54, 1.807) is 0 Å². The van der Waals surface area contributed by atoms with Gasteiger partial charge in [0, 0.05) is 48.0 Å². The molecular formula is C8H17IN2. The van der Waals surface area contributed by atoms with E-state index in [4.69, 9.17) is 0 Å². The Bertz CT molecular complexity index is 136. The van der Waals surface area contributed by atoms with Crippen molar-refractivity contribution < 1.29 is 0 Å². The molecule has 0 N–H and O–H groups in total. The maximum absolute atomic E-state index is 2.51. The maximum Gasteiger partial charge on any atom is 0.0376 e. The molecule has 1 saturated heterocycles. The van der Waals surface area contributed by atoms with Crippen molar-refractivity contribution in [3.8, 4) is 0 Å². The highest BCUT2D eigenvalue weighted by atomic mass is 127. The molecule has 1 aliphatic heterocycles. The Hall–Kier alpha value is 0.650. The van der Waals surface area contributed by atoms with Crippen LogP contribution in [0.15, 0.2) is 0 Å². The van der Waals surface area contributed by atoms with Gasteiger partial charge in [0.2, 0.25) is 0 Å². The number of piperazine rings is 1. The molecule has 0 aromatic carbocycles. The van der Waals surface area contributed by atoms with Gasteiger partial charge in [0.15, 0.2) is 0 Å². The summed E-state index contributed by atoms with van der Waals surface area (Å²) < 4.78 is 2.41. The lowest BCUT2D eigenvalue weighted by Crippen LogP contribution is -2.54. The van der Waals surface area contributed by atoms with Gasteiger partial charge in [-0.2, -0.15) is 0 Å². The normalized spacial score (nSPS) is 27.3. The number of halogens is 1. The molecule has 3 heteroatoms. The van der Waals surface area contributed by atoms with E-state index >= 15 is 0 Å². The van der Waals surface area contributed by atoms with Gasteiger partial charge in [0.05, 0.1) is 0 Å². The number of likely N-dealkylation sites (N-methyl/N-ethyl adjacent to an activating group) is 1. The van der Waals surface area contributed by atoms with Crippen LogP contribution in [0.5, 0.6) is 0 Å². The van der Waals surface area contributed by atoms with Gasteiger partial charge >= 0.3 is 0 Å². The number of rotatable bonds is 1. The van der Waals surface area contributed by atoms with Gasteiger partial charge in [-0.25, -0.2) is 3.11 Å². The first-order chi connectivity index (χ1) is 5.06. The quantitative estimate of drug-likeness (QED) is 0.528. The van der Waals surface area contributed by atoms with E-state index in [2.05, 4.69) is 51.6 Å². The van der Waals surface area contributed by atoms with Crippen molar-refractivity contribution in [1.82, 2.24) is 8.01 Å². The fraction of sp³-hybridized carbons (Fsp3) is 1.00. The van der Waals surface area contributed by atoms with Crippen LogP contribution < -0.4 is 0 Å². The first-order valence-electron chi connectivity index (χ1n) is 4.22. The molecule has 66 valence electrons. The minimum Gasteiger partial charge on any atom is -0.300 e. The summed E-state index contributed by atoms with van der Waals surface area (Å²) in [4.78, 5) is 2.51. The molecule has 0 saturated carbocycles. The van der Waals surface area contributed by atoms with Crippen molar-refractivity contribution in [2.45, 2.75) is 26.3 Å². The average molecular weight is 268 g/mol.